The van der Waals surface area contributed by atoms with Gasteiger partial charge in [-0.3, -0.25) is 9.59 Å². The van der Waals surface area contributed by atoms with Gasteiger partial charge in [-0.1, -0.05) is 29.5 Å². The van der Waals surface area contributed by atoms with E-state index in [2.05, 4.69) is 16.4 Å². The number of nitrogens with zero attached hydrogens (tertiary/aromatic N) is 2. The number of hydrogen-bond acceptors (Lipinski definition) is 5. The summed E-state index contributed by atoms with van der Waals surface area (Å²) in [6.07, 6.45) is 1.67. The van der Waals surface area contributed by atoms with Crippen molar-refractivity contribution in [3.8, 4) is 5.75 Å². The number of likely N-dealkylation sites (N-methyl/N-ethyl adjacent to an activating group) is 1. The predicted molar refractivity (Wildman–Crippen MR) is 123 cm³/mol. The molecule has 0 radical (unpaired) electrons. The van der Waals surface area contributed by atoms with E-state index in [4.69, 9.17) is 4.74 Å². The molecular weight excluding hydrogens is 410 g/mol. The van der Waals surface area contributed by atoms with Crippen LogP contribution in [0.2, 0.25) is 0 Å². The Kier molecular flexibility index (Phi) is 7.31. The van der Waals surface area contributed by atoms with E-state index in [1.165, 1.54) is 22.2 Å². The second kappa shape index (κ2) is 10.1. The van der Waals surface area contributed by atoms with Crippen LogP contribution in [0.4, 0.5) is 5.69 Å². The maximum atomic E-state index is 13.0. The SMILES string of the molecule is COc1ccc(NC(=O)CN(C)C(=O)c2cccnc2Sc2ccc(C)cc2C)cc1. The molecule has 0 aliphatic carbocycles. The molecule has 0 atom stereocenters. The van der Waals surface area contributed by atoms with Gasteiger partial charge >= 0.3 is 0 Å². The number of hydrogen-bond donors (Lipinski definition) is 1. The van der Waals surface area contributed by atoms with Crippen molar-refractivity contribution in [1.29, 1.82) is 0 Å². The first-order valence-electron chi connectivity index (χ1n) is 9.77. The molecule has 0 unspecified atom stereocenters. The standard InChI is InChI=1S/C24H25N3O3S/c1-16-7-12-21(17(2)14-16)31-23-20(6-5-13-25-23)24(29)27(3)15-22(28)26-18-8-10-19(30-4)11-9-18/h5-14H,15H2,1-4H3,(H,26,28). The molecular formula is C24H25N3O3S. The van der Waals surface area contributed by atoms with Gasteiger partial charge in [-0.2, -0.15) is 0 Å². The highest BCUT2D eigenvalue weighted by molar-refractivity contribution is 7.99. The summed E-state index contributed by atoms with van der Waals surface area (Å²) in [6.45, 7) is 4.01. The molecule has 160 valence electrons. The number of aromatic nitrogens is 1. The number of methoxy groups -OCH3 is 1. The van der Waals surface area contributed by atoms with Gasteiger partial charge in [0.1, 0.15) is 10.8 Å². The quantitative estimate of drug-likeness (QED) is 0.589. The number of ether oxygens (including phenoxy) is 1. The van der Waals surface area contributed by atoms with Crippen molar-refractivity contribution in [2.24, 2.45) is 0 Å². The zero-order chi connectivity index (χ0) is 22.4. The molecule has 0 saturated carbocycles. The third-order valence-corrected chi connectivity index (χ3v) is 5.84. The summed E-state index contributed by atoms with van der Waals surface area (Å²) in [5.41, 5.74) is 3.41. The molecule has 1 heterocycles. The minimum atomic E-state index is -0.284. The van der Waals surface area contributed by atoms with Crippen molar-refractivity contribution in [3.63, 3.8) is 0 Å². The second-order valence-electron chi connectivity index (χ2n) is 7.17. The van der Waals surface area contributed by atoms with Gasteiger partial charge in [-0.15, -0.1) is 0 Å². The van der Waals surface area contributed by atoms with Gasteiger partial charge < -0.3 is 15.0 Å². The molecule has 7 heteroatoms. The largest absolute Gasteiger partial charge is 0.497 e. The van der Waals surface area contributed by atoms with Crippen LogP contribution in [-0.4, -0.2) is 42.4 Å². The van der Waals surface area contributed by atoms with Gasteiger partial charge in [0, 0.05) is 23.8 Å². The highest BCUT2D eigenvalue weighted by atomic mass is 32.2. The fourth-order valence-electron chi connectivity index (χ4n) is 3.02. The predicted octanol–water partition coefficient (Wildman–Crippen LogP) is 4.57. The van der Waals surface area contributed by atoms with E-state index in [9.17, 15) is 9.59 Å². The summed E-state index contributed by atoms with van der Waals surface area (Å²) in [6, 6.07) is 16.6. The highest BCUT2D eigenvalue weighted by Gasteiger charge is 2.20. The van der Waals surface area contributed by atoms with E-state index in [-0.39, 0.29) is 18.4 Å². The average Bonchev–Trinajstić information content (AvgIpc) is 2.76. The molecule has 0 fully saturated rings. The van der Waals surface area contributed by atoms with Crippen molar-refractivity contribution in [1.82, 2.24) is 9.88 Å². The van der Waals surface area contributed by atoms with Crippen LogP contribution in [0, 0.1) is 13.8 Å². The van der Waals surface area contributed by atoms with Crippen molar-refractivity contribution in [2.45, 2.75) is 23.8 Å². The molecule has 2 amide bonds. The van der Waals surface area contributed by atoms with Crippen LogP contribution in [0.25, 0.3) is 0 Å². The van der Waals surface area contributed by atoms with E-state index < -0.39 is 0 Å². The third-order valence-electron chi connectivity index (χ3n) is 4.64. The lowest BCUT2D eigenvalue weighted by Gasteiger charge is -2.18. The summed E-state index contributed by atoms with van der Waals surface area (Å²) in [4.78, 5) is 32.3. The van der Waals surface area contributed by atoms with E-state index in [0.29, 0.717) is 22.0 Å². The number of benzene rings is 2. The molecule has 1 aromatic heterocycles. The van der Waals surface area contributed by atoms with E-state index in [0.717, 1.165) is 10.5 Å². The number of amides is 2. The van der Waals surface area contributed by atoms with Gasteiger partial charge in [0.2, 0.25) is 5.91 Å². The summed E-state index contributed by atoms with van der Waals surface area (Å²) in [7, 11) is 3.19. The molecule has 0 spiro atoms. The Morgan fingerprint density at radius 1 is 1.10 bits per heavy atom. The van der Waals surface area contributed by atoms with Gasteiger partial charge in [-0.25, -0.2) is 4.98 Å². The first kappa shape index (κ1) is 22.4. The van der Waals surface area contributed by atoms with Crippen molar-refractivity contribution in [2.75, 3.05) is 26.0 Å². The molecule has 0 aliphatic rings. The second-order valence-corrected chi connectivity index (χ2v) is 8.20. The summed E-state index contributed by atoms with van der Waals surface area (Å²) in [5, 5.41) is 3.40. The zero-order valence-electron chi connectivity index (χ0n) is 18.0. The Hall–Kier alpha value is -3.32. The highest BCUT2D eigenvalue weighted by Crippen LogP contribution is 2.32. The van der Waals surface area contributed by atoms with Crippen LogP contribution in [0.5, 0.6) is 5.75 Å². The Bertz CT molecular complexity index is 1080. The molecule has 0 saturated heterocycles. The van der Waals surface area contributed by atoms with Crippen LogP contribution in [0.15, 0.2) is 70.7 Å². The number of pyridine rings is 1. The topological polar surface area (TPSA) is 71.5 Å². The lowest BCUT2D eigenvalue weighted by Crippen LogP contribution is -2.35. The lowest BCUT2D eigenvalue weighted by atomic mass is 10.2. The average molecular weight is 436 g/mol. The maximum absolute atomic E-state index is 13.0. The molecule has 0 aliphatic heterocycles. The Morgan fingerprint density at radius 3 is 2.52 bits per heavy atom. The van der Waals surface area contributed by atoms with Gasteiger partial charge in [0.25, 0.3) is 5.91 Å². The number of nitrogens with one attached hydrogen (secondary N) is 1. The van der Waals surface area contributed by atoms with Gasteiger partial charge in [0.15, 0.2) is 0 Å². The van der Waals surface area contributed by atoms with Crippen LogP contribution in [-0.2, 0) is 4.79 Å². The van der Waals surface area contributed by atoms with Crippen LogP contribution in [0.1, 0.15) is 21.5 Å². The first-order valence-corrected chi connectivity index (χ1v) is 10.6. The van der Waals surface area contributed by atoms with Crippen molar-refractivity contribution >= 4 is 29.3 Å². The van der Waals surface area contributed by atoms with Crippen LogP contribution < -0.4 is 10.1 Å². The normalized spacial score (nSPS) is 10.5. The van der Waals surface area contributed by atoms with Crippen LogP contribution in [0.3, 0.4) is 0 Å². The third kappa shape index (κ3) is 5.86. The summed E-state index contributed by atoms with van der Waals surface area (Å²) >= 11 is 1.45. The van der Waals surface area contributed by atoms with E-state index in [1.54, 1.807) is 56.8 Å². The fourth-order valence-corrected chi connectivity index (χ4v) is 3.96. The molecule has 1 N–H and O–H groups in total. The molecule has 2 aromatic carbocycles. The van der Waals surface area contributed by atoms with Gasteiger partial charge in [0.05, 0.1) is 19.2 Å². The molecule has 3 rings (SSSR count). The molecule has 6 nitrogen and oxygen atoms in total. The summed E-state index contributed by atoms with van der Waals surface area (Å²) < 4.78 is 5.11. The minimum absolute atomic E-state index is 0.0760. The van der Waals surface area contributed by atoms with E-state index in [1.807, 2.05) is 26.0 Å². The van der Waals surface area contributed by atoms with Crippen molar-refractivity contribution in [3.05, 3.63) is 77.5 Å². The minimum Gasteiger partial charge on any atom is -0.497 e. The first-order chi connectivity index (χ1) is 14.9. The Labute approximate surface area is 186 Å². The van der Waals surface area contributed by atoms with Crippen LogP contribution >= 0.6 is 11.8 Å². The van der Waals surface area contributed by atoms with Crippen molar-refractivity contribution < 1.29 is 14.3 Å². The number of rotatable bonds is 7. The zero-order valence-corrected chi connectivity index (χ0v) is 18.8. The maximum Gasteiger partial charge on any atom is 0.256 e. The smallest absolute Gasteiger partial charge is 0.256 e. The number of carbonyl (C=O) groups excluding carboxylic acids is 2. The monoisotopic (exact) mass is 435 g/mol. The van der Waals surface area contributed by atoms with E-state index >= 15 is 0 Å². The fraction of sp³-hybridized carbons (Fsp3) is 0.208. The lowest BCUT2D eigenvalue weighted by molar-refractivity contribution is -0.116. The Balaban J connectivity index is 1.69. The molecule has 31 heavy (non-hydrogen) atoms. The number of anilines is 1. The van der Waals surface area contributed by atoms with Gasteiger partial charge in [-0.05, 0) is 61.9 Å². The number of carbonyl (C=O) groups is 2. The summed E-state index contributed by atoms with van der Waals surface area (Å²) in [5.74, 6) is 0.162. The number of aryl methyl sites for hydroxylation is 2. The molecule has 3 aromatic rings. The molecule has 0 bridgehead atoms. The Morgan fingerprint density at radius 2 is 1.84 bits per heavy atom.